The molecule has 0 heterocycles. The molecule has 0 aromatic rings. The molecule has 0 aromatic carbocycles. The summed E-state index contributed by atoms with van der Waals surface area (Å²) in [6, 6.07) is 0. The molecule has 0 bridgehead atoms. The molecule has 0 fully saturated rings. The van der Waals surface area contributed by atoms with Crippen LogP contribution in [0.5, 0.6) is 0 Å². The van der Waals surface area contributed by atoms with Crippen LogP contribution in [0.1, 0.15) is 27.2 Å². The Morgan fingerprint density at radius 3 is 2.00 bits per heavy atom. The molecule has 0 aliphatic carbocycles. The van der Waals surface area contributed by atoms with Crippen LogP contribution in [-0.2, 0) is 14.5 Å². The molecule has 0 spiro atoms. The Morgan fingerprint density at radius 1 is 1.33 bits per heavy atom. The first-order valence-electron chi connectivity index (χ1n) is 3.35. The molecule has 0 unspecified atom stereocenters. The van der Waals surface area contributed by atoms with Crippen molar-refractivity contribution in [3.05, 3.63) is 5.14 Å². The Hall–Kier alpha value is 0.870. The summed E-state index contributed by atoms with van der Waals surface area (Å²) in [6.07, 6.45) is 0.630. The van der Waals surface area contributed by atoms with Crippen molar-refractivity contribution in [2.75, 3.05) is 6.61 Å². The summed E-state index contributed by atoms with van der Waals surface area (Å²) in [6.45, 7) is 6.03. The molecule has 0 aromatic heterocycles. The predicted octanol–water partition coefficient (Wildman–Crippen LogP) is -1.26. The van der Waals surface area contributed by atoms with Gasteiger partial charge in [-0.1, -0.05) is 20.8 Å². The molecule has 68 valence electrons. The van der Waals surface area contributed by atoms with E-state index in [4.69, 9.17) is 5.14 Å². The Morgan fingerprint density at radius 2 is 1.75 bits per heavy atom. The van der Waals surface area contributed by atoms with Crippen LogP contribution in [0.3, 0.4) is 0 Å². The monoisotopic (exact) mass is 203 g/mol. The van der Waals surface area contributed by atoms with E-state index in [9.17, 15) is 8.42 Å². The van der Waals surface area contributed by atoms with Crippen LogP contribution in [0.4, 0.5) is 0 Å². The summed E-state index contributed by atoms with van der Waals surface area (Å²) in [5, 5.41) is 6.39. The number of nitrogens with one attached hydrogen (secondary N) is 1. The summed E-state index contributed by atoms with van der Waals surface area (Å²) in [7, 11) is -4.00. The first kappa shape index (κ1) is 15.3. The van der Waals surface area contributed by atoms with Crippen molar-refractivity contribution < 1.29 is 42.2 Å². The number of rotatable bonds is 3. The zero-order valence-electron chi connectivity index (χ0n) is 8.05. The van der Waals surface area contributed by atoms with E-state index in [0.29, 0.717) is 6.42 Å². The van der Waals surface area contributed by atoms with Crippen molar-refractivity contribution >= 4 is 10.3 Å². The third kappa shape index (κ3) is 13.5. The standard InChI is InChI=1S/C6H14NO3S.Na/c1-6(2,3)4-5-10-11(7,8)9;/h4-5H2,1-3H3,(H-,7,8,9);/q-1;+1. The van der Waals surface area contributed by atoms with Gasteiger partial charge in [-0.2, -0.15) is 0 Å². The second-order valence-electron chi connectivity index (χ2n) is 3.59. The van der Waals surface area contributed by atoms with Gasteiger partial charge in [-0.15, -0.1) is 0 Å². The fourth-order valence-corrected chi connectivity index (χ4v) is 0.760. The van der Waals surface area contributed by atoms with Crippen molar-refractivity contribution in [1.29, 1.82) is 0 Å². The van der Waals surface area contributed by atoms with E-state index >= 15 is 0 Å². The molecule has 0 aliphatic heterocycles. The molecule has 0 saturated heterocycles. The first-order chi connectivity index (χ1) is 4.71. The van der Waals surface area contributed by atoms with Gasteiger partial charge < -0.3 is 5.14 Å². The normalized spacial score (nSPS) is 12.3. The van der Waals surface area contributed by atoms with Gasteiger partial charge in [0.05, 0.1) is 6.61 Å². The average molecular weight is 203 g/mol. The minimum atomic E-state index is -4.00. The Bertz CT molecular complexity index is 207. The van der Waals surface area contributed by atoms with Crippen LogP contribution in [0.25, 0.3) is 5.14 Å². The smallest absolute Gasteiger partial charge is 0.540 e. The second kappa shape index (κ2) is 5.57. The van der Waals surface area contributed by atoms with E-state index in [0.717, 1.165) is 0 Å². The predicted molar refractivity (Wildman–Crippen MR) is 43.3 cm³/mol. The zero-order valence-corrected chi connectivity index (χ0v) is 10.9. The quantitative estimate of drug-likeness (QED) is 0.538. The Kier molecular flexibility index (Phi) is 7.12. The van der Waals surface area contributed by atoms with E-state index in [1.807, 2.05) is 20.8 Å². The molecule has 0 aliphatic rings. The van der Waals surface area contributed by atoms with Gasteiger partial charge in [0.1, 0.15) is 0 Å². The second-order valence-corrected chi connectivity index (χ2v) is 4.73. The fraction of sp³-hybridized carbons (Fsp3) is 1.00. The molecule has 0 saturated carbocycles. The van der Waals surface area contributed by atoms with Crippen LogP contribution < -0.4 is 29.6 Å². The summed E-state index contributed by atoms with van der Waals surface area (Å²) in [5.74, 6) is 0. The number of hydrogen-bond acceptors (Lipinski definition) is 3. The SMILES string of the molecule is CC(C)(C)CCOS([NH-])(=O)=O.[Na+]. The number of hydrogen-bond donors (Lipinski definition) is 0. The maximum Gasteiger partial charge on any atom is 1.00 e. The van der Waals surface area contributed by atoms with Gasteiger partial charge in [0.15, 0.2) is 10.3 Å². The van der Waals surface area contributed by atoms with Crippen LogP contribution in [0, 0.1) is 5.41 Å². The van der Waals surface area contributed by atoms with Crippen molar-refractivity contribution in [2.24, 2.45) is 5.41 Å². The molecular formula is C6H14NNaO3S. The minimum Gasteiger partial charge on any atom is -0.540 e. The van der Waals surface area contributed by atoms with Crippen molar-refractivity contribution in [3.63, 3.8) is 0 Å². The molecule has 12 heavy (non-hydrogen) atoms. The summed E-state index contributed by atoms with van der Waals surface area (Å²) < 4.78 is 24.6. The van der Waals surface area contributed by atoms with E-state index in [2.05, 4.69) is 4.18 Å². The fourth-order valence-electron chi connectivity index (χ4n) is 0.458. The molecule has 0 amide bonds. The Balaban J connectivity index is 0. The van der Waals surface area contributed by atoms with Crippen LogP contribution in [-0.4, -0.2) is 15.0 Å². The third-order valence-corrected chi connectivity index (χ3v) is 1.57. The van der Waals surface area contributed by atoms with Gasteiger partial charge in [-0.3, -0.25) is 4.18 Å². The minimum absolute atomic E-state index is 0. The third-order valence-electron chi connectivity index (χ3n) is 1.09. The van der Waals surface area contributed by atoms with E-state index in [1.165, 1.54) is 0 Å². The summed E-state index contributed by atoms with van der Waals surface area (Å²) >= 11 is 0. The van der Waals surface area contributed by atoms with Crippen molar-refractivity contribution in [2.45, 2.75) is 27.2 Å². The topological polar surface area (TPSA) is 67.2 Å². The average Bonchev–Trinajstić information content (AvgIpc) is 1.55. The summed E-state index contributed by atoms with van der Waals surface area (Å²) in [4.78, 5) is 0. The first-order valence-corrected chi connectivity index (χ1v) is 4.75. The largest absolute Gasteiger partial charge is 1.00 e. The molecule has 0 atom stereocenters. The van der Waals surface area contributed by atoms with E-state index < -0.39 is 10.3 Å². The molecule has 4 nitrogen and oxygen atoms in total. The molecule has 0 rings (SSSR count). The van der Waals surface area contributed by atoms with E-state index in [1.54, 1.807) is 0 Å². The van der Waals surface area contributed by atoms with Gasteiger partial charge in [0.2, 0.25) is 0 Å². The Labute approximate surface area is 96.4 Å². The van der Waals surface area contributed by atoms with Crippen LogP contribution in [0.15, 0.2) is 0 Å². The van der Waals surface area contributed by atoms with Gasteiger partial charge in [-0.05, 0) is 11.8 Å². The molecule has 6 heteroatoms. The van der Waals surface area contributed by atoms with Gasteiger partial charge in [0, 0.05) is 0 Å². The van der Waals surface area contributed by atoms with Crippen LogP contribution >= 0.6 is 0 Å². The zero-order chi connectivity index (χ0) is 9.12. The summed E-state index contributed by atoms with van der Waals surface area (Å²) in [5.41, 5.74) is 0.0463. The van der Waals surface area contributed by atoms with Crippen molar-refractivity contribution in [1.82, 2.24) is 0 Å². The van der Waals surface area contributed by atoms with Crippen LogP contribution in [0.2, 0.25) is 0 Å². The van der Waals surface area contributed by atoms with Gasteiger partial charge in [0.25, 0.3) is 0 Å². The van der Waals surface area contributed by atoms with E-state index in [-0.39, 0.29) is 41.6 Å². The molecule has 1 N–H and O–H groups in total. The molecular weight excluding hydrogens is 189 g/mol. The van der Waals surface area contributed by atoms with Crippen molar-refractivity contribution in [3.8, 4) is 0 Å². The van der Waals surface area contributed by atoms with Gasteiger partial charge in [-0.25, -0.2) is 8.42 Å². The maximum absolute atomic E-state index is 10.2. The molecule has 0 radical (unpaired) electrons. The maximum atomic E-state index is 10.2. The van der Waals surface area contributed by atoms with Gasteiger partial charge >= 0.3 is 29.6 Å².